The van der Waals surface area contributed by atoms with Crippen LogP contribution >= 0.6 is 0 Å². The number of rotatable bonds is 0. The van der Waals surface area contributed by atoms with Crippen molar-refractivity contribution in [3.63, 3.8) is 0 Å². The van der Waals surface area contributed by atoms with Crippen LogP contribution in [0.5, 0.6) is 0 Å². The number of hydrogen-bond donors (Lipinski definition) is 3. The van der Waals surface area contributed by atoms with Crippen LogP contribution in [0.1, 0.15) is 71.6 Å². The minimum Gasteiger partial charge on any atom is -0.393 e. The largest absolute Gasteiger partial charge is 0.393 e. The van der Waals surface area contributed by atoms with Crippen LogP contribution in [0.4, 0.5) is 0 Å². The Morgan fingerprint density at radius 3 is 2.32 bits per heavy atom. The molecule has 28 heavy (non-hydrogen) atoms. The summed E-state index contributed by atoms with van der Waals surface area (Å²) < 4.78 is 6.40. The Kier molecular flexibility index (Phi) is 3.03. The molecule has 0 aromatic carbocycles. The van der Waals surface area contributed by atoms with Crippen LogP contribution < -0.4 is 0 Å². The van der Waals surface area contributed by atoms with Gasteiger partial charge in [0.05, 0.1) is 17.3 Å². The first-order valence-corrected chi connectivity index (χ1v) is 12.0. The van der Waals surface area contributed by atoms with Crippen LogP contribution in [-0.4, -0.2) is 38.9 Å². The van der Waals surface area contributed by atoms with E-state index in [9.17, 15) is 15.3 Å². The molecular weight excluding hydrogens is 352 g/mol. The summed E-state index contributed by atoms with van der Waals surface area (Å²) in [6.45, 7) is 4.88. The van der Waals surface area contributed by atoms with E-state index in [-0.39, 0.29) is 22.5 Å². The van der Waals surface area contributed by atoms with Gasteiger partial charge in [-0.15, -0.1) is 0 Å². The molecule has 6 unspecified atom stereocenters. The quantitative estimate of drug-likeness (QED) is 0.596. The fraction of sp³-hybridized carbons (Fsp3) is 1.00. The molecule has 1 aliphatic heterocycles. The lowest BCUT2D eigenvalue weighted by Crippen LogP contribution is -2.65. The van der Waals surface area contributed by atoms with Crippen molar-refractivity contribution >= 4 is 0 Å². The van der Waals surface area contributed by atoms with Crippen LogP contribution in [0.15, 0.2) is 0 Å². The van der Waals surface area contributed by atoms with Crippen molar-refractivity contribution in [3.8, 4) is 0 Å². The summed E-state index contributed by atoms with van der Waals surface area (Å²) in [6.07, 6.45) is 8.25. The maximum Gasteiger partial charge on any atom is 0.155 e. The van der Waals surface area contributed by atoms with Crippen molar-refractivity contribution in [2.75, 3.05) is 0 Å². The summed E-state index contributed by atoms with van der Waals surface area (Å²) in [5.74, 6) is 4.53. The van der Waals surface area contributed by atoms with E-state index in [1.165, 1.54) is 25.7 Å². The molecule has 13 atom stereocenters. The van der Waals surface area contributed by atoms with Crippen molar-refractivity contribution in [1.29, 1.82) is 0 Å². The summed E-state index contributed by atoms with van der Waals surface area (Å²) in [5, 5.41) is 32.5. The first-order valence-electron chi connectivity index (χ1n) is 12.0. The van der Waals surface area contributed by atoms with Crippen LogP contribution in [0.2, 0.25) is 0 Å². The summed E-state index contributed by atoms with van der Waals surface area (Å²) in [5.41, 5.74) is -0.559. The Hall–Kier alpha value is -0.160. The van der Waals surface area contributed by atoms with Gasteiger partial charge in [0.25, 0.3) is 0 Å². The molecule has 1 spiro atoms. The zero-order valence-electron chi connectivity index (χ0n) is 17.3. The van der Waals surface area contributed by atoms with Crippen LogP contribution in [0, 0.1) is 52.3 Å². The van der Waals surface area contributed by atoms with E-state index in [2.05, 4.69) is 13.8 Å². The van der Waals surface area contributed by atoms with E-state index < -0.39 is 11.9 Å². The monoisotopic (exact) mass is 388 g/mol. The second-order valence-electron chi connectivity index (χ2n) is 12.4. The number of aliphatic hydroxyl groups excluding tert-OH is 2. The van der Waals surface area contributed by atoms with Gasteiger partial charge in [-0.2, -0.15) is 0 Å². The van der Waals surface area contributed by atoms with Gasteiger partial charge in [-0.3, -0.25) is 0 Å². The average molecular weight is 389 g/mol. The molecule has 156 valence electrons. The van der Waals surface area contributed by atoms with Gasteiger partial charge in [-0.25, -0.2) is 0 Å². The predicted octanol–water partition coefficient (Wildman–Crippen LogP) is 3.08. The Morgan fingerprint density at radius 1 is 0.821 bits per heavy atom. The van der Waals surface area contributed by atoms with Crippen molar-refractivity contribution in [3.05, 3.63) is 0 Å². The zero-order valence-corrected chi connectivity index (χ0v) is 17.3. The number of ether oxygens (including phenoxy) is 1. The number of aliphatic hydroxyl groups is 3. The zero-order chi connectivity index (χ0) is 19.3. The molecule has 7 rings (SSSR count). The normalized spacial score (nSPS) is 71.2. The molecule has 6 aliphatic carbocycles. The molecule has 0 aromatic rings. The van der Waals surface area contributed by atoms with Crippen molar-refractivity contribution < 1.29 is 20.1 Å². The van der Waals surface area contributed by atoms with Crippen LogP contribution in [-0.2, 0) is 4.74 Å². The van der Waals surface area contributed by atoms with Gasteiger partial charge in [0, 0.05) is 18.3 Å². The molecule has 6 saturated carbocycles. The molecule has 1 heterocycles. The summed E-state index contributed by atoms with van der Waals surface area (Å²) >= 11 is 0. The molecule has 7 aliphatic rings. The maximum absolute atomic E-state index is 11.9. The third-order valence-electron chi connectivity index (χ3n) is 11.9. The van der Waals surface area contributed by atoms with Gasteiger partial charge in [0.15, 0.2) is 6.29 Å². The Balaban J connectivity index is 1.31. The maximum atomic E-state index is 11.9. The minimum absolute atomic E-state index is 0.0356. The highest BCUT2D eigenvalue weighted by atomic mass is 16.6. The standard InChI is InChI=1S/C24H36O4/c1-21-6-3-12(25)11-23(21,27)16-9-13(16)19-15(21)4-7-22(2)20(19)14-10-17(14)24(22)8-5-18(26)28-24/h12-20,25-27H,3-11H2,1-2H3/t12-,13-,14?,15?,16?,17?,18?,19?,20-,21+,22-,23+,24-/m0/s1. The van der Waals surface area contributed by atoms with Gasteiger partial charge in [-0.05, 0) is 91.8 Å². The summed E-state index contributed by atoms with van der Waals surface area (Å²) in [4.78, 5) is 0. The first kappa shape index (κ1) is 17.5. The first-order chi connectivity index (χ1) is 13.3. The fourth-order valence-electron chi connectivity index (χ4n) is 10.7. The Bertz CT molecular complexity index is 740. The lowest BCUT2D eigenvalue weighted by atomic mass is 9.42. The predicted molar refractivity (Wildman–Crippen MR) is 103 cm³/mol. The van der Waals surface area contributed by atoms with Crippen LogP contribution in [0.3, 0.4) is 0 Å². The van der Waals surface area contributed by atoms with E-state index in [1.54, 1.807) is 0 Å². The number of fused-ring (bicyclic) bond motifs is 12. The summed E-state index contributed by atoms with van der Waals surface area (Å²) in [7, 11) is 0. The highest BCUT2D eigenvalue weighted by molar-refractivity contribution is 5.30. The molecule has 0 amide bonds. The number of hydrogen-bond acceptors (Lipinski definition) is 4. The highest BCUT2D eigenvalue weighted by Crippen LogP contribution is 2.83. The van der Waals surface area contributed by atoms with Gasteiger partial charge in [-0.1, -0.05) is 13.8 Å². The highest BCUT2D eigenvalue weighted by Gasteiger charge is 2.82. The summed E-state index contributed by atoms with van der Waals surface area (Å²) in [6, 6.07) is 0. The molecule has 7 fully saturated rings. The second-order valence-corrected chi connectivity index (χ2v) is 12.4. The SMILES string of the molecule is C[C@]12CCC3C([C@H]4CC4[C@]4(O)C[C@@H](O)CC[C@]34C)[C@@H]1C1CC1[C@@]21CCC(O)O1. The lowest BCUT2D eigenvalue weighted by Gasteiger charge is -2.65. The smallest absolute Gasteiger partial charge is 0.155 e. The van der Waals surface area contributed by atoms with Gasteiger partial charge in [0.2, 0.25) is 0 Å². The molecule has 0 radical (unpaired) electrons. The third-order valence-corrected chi connectivity index (χ3v) is 11.9. The molecule has 0 aromatic heterocycles. The van der Waals surface area contributed by atoms with Gasteiger partial charge < -0.3 is 20.1 Å². The molecule has 4 heteroatoms. The average Bonchev–Trinajstić information content (AvgIpc) is 3.54. The Morgan fingerprint density at radius 2 is 1.57 bits per heavy atom. The van der Waals surface area contributed by atoms with E-state index in [4.69, 9.17) is 4.74 Å². The van der Waals surface area contributed by atoms with E-state index in [0.717, 1.165) is 37.5 Å². The fourth-order valence-corrected chi connectivity index (χ4v) is 10.7. The molecule has 1 saturated heterocycles. The van der Waals surface area contributed by atoms with Gasteiger partial charge in [0.1, 0.15) is 0 Å². The minimum atomic E-state index is -0.649. The molecule has 4 nitrogen and oxygen atoms in total. The van der Waals surface area contributed by atoms with Gasteiger partial charge >= 0.3 is 0 Å². The topological polar surface area (TPSA) is 69.9 Å². The molecular formula is C24H36O4. The van der Waals surface area contributed by atoms with E-state index in [0.29, 0.717) is 36.0 Å². The van der Waals surface area contributed by atoms with Crippen LogP contribution in [0.25, 0.3) is 0 Å². The lowest BCUT2D eigenvalue weighted by molar-refractivity contribution is -0.247. The van der Waals surface area contributed by atoms with Crippen molar-refractivity contribution in [2.24, 2.45) is 52.3 Å². The van der Waals surface area contributed by atoms with E-state index in [1.807, 2.05) is 0 Å². The molecule has 0 bridgehead atoms. The Labute approximate surface area is 168 Å². The van der Waals surface area contributed by atoms with Crippen molar-refractivity contribution in [1.82, 2.24) is 0 Å². The second kappa shape index (κ2) is 4.84. The molecule has 3 N–H and O–H groups in total. The third kappa shape index (κ3) is 1.67. The van der Waals surface area contributed by atoms with Crippen molar-refractivity contribution in [2.45, 2.75) is 95.2 Å². The van der Waals surface area contributed by atoms with E-state index >= 15 is 0 Å².